The number of hydrogen-bond donors (Lipinski definition) is 3. The number of aliphatic hydroxyl groups excluding tert-OH is 1. The Kier molecular flexibility index (Phi) is 11.7. The number of alkyl halides is 2. The van der Waals surface area contributed by atoms with Crippen LogP contribution in [0.2, 0.25) is 10.0 Å². The second-order valence-corrected chi connectivity index (χ2v) is 15.0. The third kappa shape index (κ3) is 8.51. The summed E-state index contributed by atoms with van der Waals surface area (Å²) in [5, 5.41) is 23.1. The highest BCUT2D eigenvalue weighted by Gasteiger charge is 2.29. The summed E-state index contributed by atoms with van der Waals surface area (Å²) in [6.45, 7) is 2.36. The Morgan fingerprint density at radius 3 is 2.42 bits per heavy atom. The fourth-order valence-corrected chi connectivity index (χ4v) is 8.14. The first-order valence-corrected chi connectivity index (χ1v) is 18.9. The minimum atomic E-state index is -2.92. The Morgan fingerprint density at radius 1 is 1.00 bits per heavy atom. The van der Waals surface area contributed by atoms with Crippen molar-refractivity contribution in [1.82, 2.24) is 29.7 Å². The summed E-state index contributed by atoms with van der Waals surface area (Å²) in [7, 11) is 3.61. The molecule has 15 heteroatoms. The molecule has 0 amide bonds. The van der Waals surface area contributed by atoms with Crippen molar-refractivity contribution in [3.8, 4) is 28.3 Å². The van der Waals surface area contributed by atoms with Crippen LogP contribution in [-0.4, -0.2) is 85.3 Å². The molecule has 288 valence electrons. The standard InChI is InChI=1S/C40H41Cl2F2N7O4/c1-50(25-12-9-23(10-13-25)40(53)54)20-24-11-14-30(48-39(24)55-2)29-7-3-5-27(33(29)41)28-6-4-8-31(34(28)42)46-37-35-32(47-38(49-37)36(43)44)17-22(18-45-35)19-51-16-15-26(52)21-51/h3-8,11,14,17-18,23,25-26,36,52H,9-10,12-13,15-16,19-21H2,1-2H3,(H,53,54)(H,46,47,49)/t23?,25?,26-/m1/s1. The van der Waals surface area contributed by atoms with Crippen LogP contribution in [0.3, 0.4) is 0 Å². The highest BCUT2D eigenvalue weighted by atomic mass is 35.5. The van der Waals surface area contributed by atoms with Crippen molar-refractivity contribution < 1.29 is 28.5 Å². The van der Waals surface area contributed by atoms with Crippen LogP contribution in [0.1, 0.15) is 55.5 Å². The van der Waals surface area contributed by atoms with Crippen molar-refractivity contribution in [2.45, 2.75) is 63.8 Å². The van der Waals surface area contributed by atoms with Crippen LogP contribution in [0.15, 0.2) is 60.8 Å². The molecular formula is C40H41Cl2F2N7O4. The first kappa shape index (κ1) is 38.7. The number of halogens is 4. The Balaban J connectivity index is 1.14. The number of rotatable bonds is 12. The zero-order chi connectivity index (χ0) is 38.8. The number of nitrogens with zero attached hydrogens (tertiary/aromatic N) is 6. The van der Waals surface area contributed by atoms with Crippen molar-refractivity contribution in [2.75, 3.05) is 32.6 Å². The molecule has 1 aliphatic heterocycles. The van der Waals surface area contributed by atoms with E-state index in [1.54, 1.807) is 31.5 Å². The van der Waals surface area contributed by atoms with Gasteiger partial charge in [-0.2, -0.15) is 0 Å². The molecule has 2 aromatic carbocycles. The predicted octanol–water partition coefficient (Wildman–Crippen LogP) is 8.39. The molecule has 7 rings (SSSR count). The number of carboxylic acid groups (broad SMARTS) is 1. The minimum Gasteiger partial charge on any atom is -0.481 e. The fraction of sp³-hybridized carbons (Fsp3) is 0.375. The molecule has 0 unspecified atom stereocenters. The Hall–Kier alpha value is -4.53. The third-order valence-corrected chi connectivity index (χ3v) is 11.3. The molecule has 1 saturated heterocycles. The van der Waals surface area contributed by atoms with Crippen molar-refractivity contribution in [3.05, 3.63) is 87.8 Å². The summed E-state index contributed by atoms with van der Waals surface area (Å²) in [5.41, 5.74) is 5.13. The summed E-state index contributed by atoms with van der Waals surface area (Å²) in [6, 6.07) is 16.7. The van der Waals surface area contributed by atoms with E-state index in [0.717, 1.165) is 30.5 Å². The van der Waals surface area contributed by atoms with Crippen molar-refractivity contribution in [3.63, 3.8) is 0 Å². The quantitative estimate of drug-likeness (QED) is 0.112. The van der Waals surface area contributed by atoms with E-state index in [4.69, 9.17) is 32.9 Å². The van der Waals surface area contributed by atoms with Crippen molar-refractivity contribution >= 4 is 51.7 Å². The first-order valence-electron chi connectivity index (χ1n) is 18.2. The number of β-amino-alcohol motifs (C(OH)–C–C–N with tert-alkyl or cyclic N) is 1. The second kappa shape index (κ2) is 16.7. The number of nitrogens with one attached hydrogen (secondary N) is 1. The second-order valence-electron chi connectivity index (χ2n) is 14.2. The van der Waals surface area contributed by atoms with Crippen LogP contribution in [0.25, 0.3) is 33.4 Å². The average molecular weight is 793 g/mol. The van der Waals surface area contributed by atoms with Gasteiger partial charge in [0, 0.05) is 60.7 Å². The van der Waals surface area contributed by atoms with Gasteiger partial charge < -0.3 is 20.3 Å². The number of anilines is 2. The number of likely N-dealkylation sites (tertiary alicyclic amines) is 1. The lowest BCUT2D eigenvalue weighted by Crippen LogP contribution is -2.36. The molecule has 3 N–H and O–H groups in total. The summed E-state index contributed by atoms with van der Waals surface area (Å²) in [4.78, 5) is 33.3. The number of fused-ring (bicyclic) bond motifs is 1. The molecule has 1 saturated carbocycles. The van der Waals surface area contributed by atoms with E-state index in [1.807, 2.05) is 43.4 Å². The molecule has 0 spiro atoms. The smallest absolute Gasteiger partial charge is 0.306 e. The summed E-state index contributed by atoms with van der Waals surface area (Å²) in [6.07, 6.45) is 2.01. The zero-order valence-electron chi connectivity index (χ0n) is 30.4. The number of methoxy groups -OCH3 is 1. The van der Waals surface area contributed by atoms with E-state index in [2.05, 4.69) is 30.1 Å². The van der Waals surface area contributed by atoms with Gasteiger partial charge in [0.15, 0.2) is 11.6 Å². The maximum absolute atomic E-state index is 14.0. The normalized spacial score (nSPS) is 19.0. The van der Waals surface area contributed by atoms with E-state index >= 15 is 0 Å². The number of aromatic nitrogens is 4. The number of aliphatic hydroxyl groups is 1. The van der Waals surface area contributed by atoms with E-state index in [0.29, 0.717) is 83.4 Å². The molecule has 55 heavy (non-hydrogen) atoms. The summed E-state index contributed by atoms with van der Waals surface area (Å²) < 4.78 is 33.8. The van der Waals surface area contributed by atoms with Gasteiger partial charge in [0.1, 0.15) is 5.52 Å². The van der Waals surface area contributed by atoms with Crippen LogP contribution >= 0.6 is 23.2 Å². The van der Waals surface area contributed by atoms with Gasteiger partial charge in [-0.05, 0) is 62.9 Å². The highest BCUT2D eigenvalue weighted by molar-refractivity contribution is 6.39. The van der Waals surface area contributed by atoms with Crippen LogP contribution in [0, 0.1) is 5.92 Å². The van der Waals surface area contributed by atoms with Crippen LogP contribution < -0.4 is 10.1 Å². The van der Waals surface area contributed by atoms with Crippen LogP contribution in [-0.2, 0) is 17.9 Å². The number of aliphatic carboxylic acids is 1. The molecule has 1 atom stereocenters. The lowest BCUT2D eigenvalue weighted by molar-refractivity contribution is -0.143. The number of carboxylic acids is 1. The SMILES string of the molecule is COc1nc(-c2cccc(-c3cccc(Nc4nc(C(F)F)nc5cc(CN6CC[C@@H](O)C6)cnc45)c3Cl)c2Cl)ccc1CN(C)C1CCC(C(=O)O)CC1. The van der Waals surface area contributed by atoms with Gasteiger partial charge in [-0.25, -0.2) is 23.7 Å². The summed E-state index contributed by atoms with van der Waals surface area (Å²) in [5.74, 6) is -1.09. The largest absolute Gasteiger partial charge is 0.481 e. The minimum absolute atomic E-state index is 0.0808. The van der Waals surface area contributed by atoms with Gasteiger partial charge in [0.25, 0.3) is 6.43 Å². The molecule has 11 nitrogen and oxygen atoms in total. The molecule has 0 bridgehead atoms. The predicted molar refractivity (Wildman–Crippen MR) is 208 cm³/mol. The first-order chi connectivity index (χ1) is 26.5. The maximum Gasteiger partial charge on any atom is 0.306 e. The van der Waals surface area contributed by atoms with E-state index in [-0.39, 0.29) is 34.4 Å². The Bertz CT molecular complexity index is 2210. The monoisotopic (exact) mass is 791 g/mol. The molecular weight excluding hydrogens is 751 g/mol. The number of benzene rings is 2. The van der Waals surface area contributed by atoms with Gasteiger partial charge in [0.2, 0.25) is 5.88 Å². The van der Waals surface area contributed by atoms with Crippen molar-refractivity contribution in [2.24, 2.45) is 5.92 Å². The average Bonchev–Trinajstić information content (AvgIpc) is 3.59. The topological polar surface area (TPSA) is 137 Å². The highest BCUT2D eigenvalue weighted by Crippen LogP contribution is 2.42. The van der Waals surface area contributed by atoms with E-state index in [9.17, 15) is 23.8 Å². The molecule has 2 fully saturated rings. The molecule has 3 aromatic heterocycles. The van der Waals surface area contributed by atoms with E-state index < -0.39 is 18.2 Å². The van der Waals surface area contributed by atoms with Gasteiger partial charge in [-0.1, -0.05) is 59.6 Å². The van der Waals surface area contributed by atoms with Gasteiger partial charge in [0.05, 0.1) is 46.1 Å². The molecule has 4 heterocycles. The van der Waals surface area contributed by atoms with Gasteiger partial charge in [-0.15, -0.1) is 0 Å². The Labute approximate surface area is 327 Å². The maximum atomic E-state index is 14.0. The number of ether oxygens (including phenoxy) is 1. The lowest BCUT2D eigenvalue weighted by Gasteiger charge is -2.33. The fourth-order valence-electron chi connectivity index (χ4n) is 7.54. The van der Waals surface area contributed by atoms with Gasteiger partial charge >= 0.3 is 5.97 Å². The van der Waals surface area contributed by atoms with Gasteiger partial charge in [-0.3, -0.25) is 19.6 Å². The number of carbonyl (C=O) groups is 1. The van der Waals surface area contributed by atoms with E-state index in [1.165, 1.54) is 0 Å². The number of pyridine rings is 2. The molecule has 0 radical (unpaired) electrons. The number of hydrogen-bond acceptors (Lipinski definition) is 10. The Morgan fingerprint density at radius 2 is 1.73 bits per heavy atom. The van der Waals surface area contributed by atoms with Crippen molar-refractivity contribution in [1.29, 1.82) is 0 Å². The zero-order valence-corrected chi connectivity index (χ0v) is 31.9. The molecule has 2 aliphatic rings. The molecule has 1 aliphatic carbocycles. The van der Waals surface area contributed by atoms with Crippen LogP contribution in [0.5, 0.6) is 5.88 Å². The molecule has 5 aromatic rings. The third-order valence-electron chi connectivity index (χ3n) is 10.5. The van der Waals surface area contributed by atoms with Crippen LogP contribution in [0.4, 0.5) is 20.3 Å². The lowest BCUT2D eigenvalue weighted by atomic mass is 9.85. The summed E-state index contributed by atoms with van der Waals surface area (Å²) >= 11 is 14.1.